The van der Waals surface area contributed by atoms with Crippen molar-refractivity contribution in [1.82, 2.24) is 4.90 Å². The van der Waals surface area contributed by atoms with Crippen LogP contribution in [0.4, 0.5) is 0 Å². The van der Waals surface area contributed by atoms with E-state index in [1.165, 1.54) is 51.7 Å². The van der Waals surface area contributed by atoms with Gasteiger partial charge in [0.15, 0.2) is 0 Å². The van der Waals surface area contributed by atoms with E-state index in [1.54, 1.807) is 0 Å². The van der Waals surface area contributed by atoms with Crippen molar-refractivity contribution in [2.45, 2.75) is 52.9 Å². The fraction of sp³-hybridized carbons (Fsp3) is 1.00. The molecule has 0 spiro atoms. The Labute approximate surface area is 107 Å². The van der Waals surface area contributed by atoms with Gasteiger partial charge in [0, 0.05) is 13.1 Å². The molecule has 0 aromatic carbocycles. The second kappa shape index (κ2) is 6.90. The molecule has 96 valence electrons. The van der Waals surface area contributed by atoms with Crippen LogP contribution in [0.2, 0.25) is 0 Å². The van der Waals surface area contributed by atoms with Gasteiger partial charge in [0.2, 0.25) is 0 Å². The van der Waals surface area contributed by atoms with E-state index in [0.29, 0.717) is 5.41 Å². The molecule has 1 atom stereocenters. The number of nitrogens with zero attached hydrogens (tertiary/aromatic N) is 1. The third-order valence-electron chi connectivity index (χ3n) is 4.49. The lowest BCUT2D eigenvalue weighted by Gasteiger charge is -2.28. The zero-order valence-electron chi connectivity index (χ0n) is 11.3. The van der Waals surface area contributed by atoms with E-state index in [9.17, 15) is 0 Å². The van der Waals surface area contributed by atoms with Crippen LogP contribution in [0.5, 0.6) is 0 Å². The third kappa shape index (κ3) is 3.66. The first-order chi connectivity index (χ1) is 7.69. The highest BCUT2D eigenvalue weighted by molar-refractivity contribution is 7.80. The van der Waals surface area contributed by atoms with Crippen LogP contribution in [0, 0.1) is 11.3 Å². The van der Waals surface area contributed by atoms with Crippen LogP contribution < -0.4 is 0 Å². The van der Waals surface area contributed by atoms with E-state index >= 15 is 0 Å². The number of rotatable bonds is 7. The third-order valence-corrected chi connectivity index (χ3v) is 5.01. The van der Waals surface area contributed by atoms with Gasteiger partial charge in [0.25, 0.3) is 0 Å². The second-order valence-corrected chi connectivity index (χ2v) is 5.89. The molecule has 0 saturated carbocycles. The highest BCUT2D eigenvalue weighted by Gasteiger charge is 2.35. The summed E-state index contributed by atoms with van der Waals surface area (Å²) >= 11 is 4.48. The Bertz CT molecular complexity index is 189. The molecule has 0 aliphatic carbocycles. The zero-order valence-corrected chi connectivity index (χ0v) is 12.2. The summed E-state index contributed by atoms with van der Waals surface area (Å²) in [4.78, 5) is 2.68. The summed E-state index contributed by atoms with van der Waals surface area (Å²) in [5.41, 5.74) is 0.632. The monoisotopic (exact) mass is 243 g/mol. The lowest BCUT2D eigenvalue weighted by Crippen LogP contribution is -2.31. The van der Waals surface area contributed by atoms with Crippen LogP contribution in [0.3, 0.4) is 0 Å². The summed E-state index contributed by atoms with van der Waals surface area (Å²) in [7, 11) is 0. The lowest BCUT2D eigenvalue weighted by molar-refractivity contribution is 0.220. The molecule has 1 saturated heterocycles. The minimum atomic E-state index is 0.632. The maximum Gasteiger partial charge on any atom is 0.00384 e. The Balaban J connectivity index is 2.40. The normalized spacial score (nSPS) is 22.5. The van der Waals surface area contributed by atoms with Crippen LogP contribution in [0.1, 0.15) is 52.9 Å². The van der Waals surface area contributed by atoms with Crippen molar-refractivity contribution in [3.63, 3.8) is 0 Å². The Morgan fingerprint density at radius 3 is 2.38 bits per heavy atom. The van der Waals surface area contributed by atoms with Gasteiger partial charge in [-0.1, -0.05) is 27.2 Å². The summed E-state index contributed by atoms with van der Waals surface area (Å²) in [5, 5.41) is 0. The van der Waals surface area contributed by atoms with E-state index in [1.807, 2.05) is 0 Å². The van der Waals surface area contributed by atoms with Gasteiger partial charge in [-0.25, -0.2) is 0 Å². The molecule has 0 bridgehead atoms. The summed E-state index contributed by atoms with van der Waals surface area (Å²) in [6.45, 7) is 10.9. The minimum Gasteiger partial charge on any atom is -0.302 e. The minimum absolute atomic E-state index is 0.632. The van der Waals surface area contributed by atoms with Gasteiger partial charge in [0.1, 0.15) is 0 Å². The molecule has 0 aromatic heterocycles. The first-order valence-electron chi connectivity index (χ1n) is 7.03. The smallest absolute Gasteiger partial charge is 0.00384 e. The first-order valence-corrected chi connectivity index (χ1v) is 7.66. The highest BCUT2D eigenvalue weighted by Crippen LogP contribution is 2.37. The van der Waals surface area contributed by atoms with Crippen molar-refractivity contribution in [2.75, 3.05) is 25.4 Å². The van der Waals surface area contributed by atoms with Crippen LogP contribution >= 0.6 is 12.6 Å². The number of likely N-dealkylation sites (tertiary alicyclic amines) is 1. The molecule has 1 aliphatic heterocycles. The van der Waals surface area contributed by atoms with Gasteiger partial charge in [-0.15, -0.1) is 0 Å². The molecule has 1 heterocycles. The van der Waals surface area contributed by atoms with E-state index in [-0.39, 0.29) is 0 Å². The molecule has 0 aromatic rings. The van der Waals surface area contributed by atoms with Crippen molar-refractivity contribution in [2.24, 2.45) is 11.3 Å². The number of hydrogen-bond acceptors (Lipinski definition) is 2. The second-order valence-electron chi connectivity index (χ2n) is 5.53. The van der Waals surface area contributed by atoms with E-state index in [0.717, 1.165) is 11.7 Å². The fourth-order valence-corrected chi connectivity index (χ4v) is 3.32. The van der Waals surface area contributed by atoms with Gasteiger partial charge < -0.3 is 4.90 Å². The summed E-state index contributed by atoms with van der Waals surface area (Å²) in [5.74, 6) is 1.85. The fourth-order valence-electron chi connectivity index (χ4n) is 3.02. The lowest BCUT2D eigenvalue weighted by atomic mass is 9.82. The van der Waals surface area contributed by atoms with Crippen LogP contribution in [-0.4, -0.2) is 30.3 Å². The summed E-state index contributed by atoms with van der Waals surface area (Å²) < 4.78 is 0. The Kier molecular flexibility index (Phi) is 6.20. The van der Waals surface area contributed by atoms with Crippen molar-refractivity contribution >= 4 is 12.6 Å². The highest BCUT2D eigenvalue weighted by atomic mass is 32.1. The molecule has 1 fully saturated rings. The molecule has 1 unspecified atom stereocenters. The van der Waals surface area contributed by atoms with Crippen LogP contribution in [-0.2, 0) is 0 Å². The molecule has 1 aliphatic rings. The first kappa shape index (κ1) is 14.4. The molecule has 0 radical (unpaired) electrons. The maximum absolute atomic E-state index is 4.48. The summed E-state index contributed by atoms with van der Waals surface area (Å²) in [6.07, 6.45) is 6.74. The average molecular weight is 243 g/mol. The molecular formula is C14H29NS. The average Bonchev–Trinajstić information content (AvgIpc) is 2.73. The Hall–Kier alpha value is 0.310. The van der Waals surface area contributed by atoms with E-state index < -0.39 is 0 Å². The van der Waals surface area contributed by atoms with Gasteiger partial charge >= 0.3 is 0 Å². The predicted molar refractivity (Wildman–Crippen MR) is 76.3 cm³/mol. The van der Waals surface area contributed by atoms with Gasteiger partial charge in [-0.05, 0) is 49.3 Å². The number of thiol groups is 1. The molecule has 1 rings (SSSR count). The topological polar surface area (TPSA) is 3.24 Å². The van der Waals surface area contributed by atoms with E-state index in [2.05, 4.69) is 38.3 Å². The van der Waals surface area contributed by atoms with Gasteiger partial charge in [-0.3, -0.25) is 0 Å². The maximum atomic E-state index is 4.48. The van der Waals surface area contributed by atoms with Gasteiger partial charge in [0.05, 0.1) is 0 Å². The van der Waals surface area contributed by atoms with E-state index in [4.69, 9.17) is 0 Å². The standard InChI is InChI=1S/C14H29NS/c1-4-7-13(11-16)10-15-9-8-14(5-2,6-3)12-15/h13,16H,4-12H2,1-3H3. The molecule has 2 heteroatoms. The van der Waals surface area contributed by atoms with Crippen LogP contribution in [0.25, 0.3) is 0 Å². The quantitative estimate of drug-likeness (QED) is 0.665. The number of hydrogen-bond donors (Lipinski definition) is 1. The van der Waals surface area contributed by atoms with Crippen molar-refractivity contribution in [3.05, 3.63) is 0 Å². The SMILES string of the molecule is CCCC(CS)CN1CCC(CC)(CC)C1. The Morgan fingerprint density at radius 2 is 1.94 bits per heavy atom. The zero-order chi connectivity index (χ0) is 12.0. The van der Waals surface area contributed by atoms with Gasteiger partial charge in [-0.2, -0.15) is 12.6 Å². The molecule has 0 N–H and O–H groups in total. The van der Waals surface area contributed by atoms with Crippen molar-refractivity contribution in [1.29, 1.82) is 0 Å². The molecule has 16 heavy (non-hydrogen) atoms. The van der Waals surface area contributed by atoms with Crippen molar-refractivity contribution in [3.8, 4) is 0 Å². The predicted octanol–water partition coefficient (Wildman–Crippen LogP) is 3.84. The largest absolute Gasteiger partial charge is 0.302 e. The van der Waals surface area contributed by atoms with Crippen LogP contribution in [0.15, 0.2) is 0 Å². The van der Waals surface area contributed by atoms with Crippen molar-refractivity contribution < 1.29 is 0 Å². The Morgan fingerprint density at radius 1 is 1.25 bits per heavy atom. The molecule has 1 nitrogen and oxygen atoms in total. The molecule has 0 amide bonds. The summed E-state index contributed by atoms with van der Waals surface area (Å²) in [6, 6.07) is 0. The molecular weight excluding hydrogens is 214 g/mol.